The minimum Gasteiger partial charge on any atom is -0.467 e. The number of carbonyl (C=O) groups excluding carboxylic acids is 2. The molecule has 1 saturated heterocycles. The fraction of sp³-hybridized carbons (Fsp3) is 0.263. The number of nitrogens with zero attached hydrogens (tertiary/aromatic N) is 4. The van der Waals surface area contributed by atoms with E-state index in [-0.39, 0.29) is 17.5 Å². The number of furan rings is 2. The fourth-order valence-corrected chi connectivity index (χ4v) is 2.96. The average Bonchev–Trinajstić information content (AvgIpc) is 3.46. The summed E-state index contributed by atoms with van der Waals surface area (Å²) < 4.78 is 10.4. The smallest absolute Gasteiger partial charge is 0.289 e. The molecule has 3 aromatic heterocycles. The molecule has 1 fully saturated rings. The fourth-order valence-electron chi connectivity index (χ4n) is 2.96. The van der Waals surface area contributed by atoms with E-state index in [1.54, 1.807) is 40.3 Å². The Balaban J connectivity index is 1.30. The summed E-state index contributed by atoms with van der Waals surface area (Å²) in [5.74, 6) is 1.29. The molecule has 9 heteroatoms. The molecule has 0 unspecified atom stereocenters. The largest absolute Gasteiger partial charge is 0.467 e. The summed E-state index contributed by atoms with van der Waals surface area (Å²) in [7, 11) is 0. The van der Waals surface area contributed by atoms with E-state index >= 15 is 0 Å². The van der Waals surface area contributed by atoms with E-state index in [0.29, 0.717) is 44.3 Å². The van der Waals surface area contributed by atoms with Gasteiger partial charge in [0.15, 0.2) is 11.5 Å². The Bertz CT molecular complexity index is 914. The van der Waals surface area contributed by atoms with Crippen LogP contribution in [0.2, 0.25) is 0 Å². The summed E-state index contributed by atoms with van der Waals surface area (Å²) in [6.07, 6.45) is 3.07. The number of hydrogen-bond acceptors (Lipinski definition) is 7. The van der Waals surface area contributed by atoms with Gasteiger partial charge in [0.05, 0.1) is 19.1 Å². The highest BCUT2D eigenvalue weighted by molar-refractivity contribution is 5.93. The summed E-state index contributed by atoms with van der Waals surface area (Å²) >= 11 is 0. The highest BCUT2D eigenvalue weighted by Crippen LogP contribution is 2.12. The average molecular weight is 381 g/mol. The van der Waals surface area contributed by atoms with Crippen LogP contribution in [0.1, 0.15) is 26.8 Å². The van der Waals surface area contributed by atoms with Crippen molar-refractivity contribution in [3.63, 3.8) is 0 Å². The van der Waals surface area contributed by atoms with Gasteiger partial charge in [-0.2, -0.15) is 0 Å². The number of nitrogens with one attached hydrogen (secondary N) is 1. The molecule has 1 N–H and O–H groups in total. The third-order valence-electron chi connectivity index (χ3n) is 4.49. The monoisotopic (exact) mass is 381 g/mol. The Morgan fingerprint density at radius 2 is 1.61 bits per heavy atom. The molecule has 0 radical (unpaired) electrons. The third-order valence-corrected chi connectivity index (χ3v) is 4.49. The molecule has 0 atom stereocenters. The molecule has 0 bridgehead atoms. The minimum absolute atomic E-state index is 0.163. The zero-order chi connectivity index (χ0) is 19.3. The molecule has 3 aromatic rings. The molecule has 4 rings (SSSR count). The number of amides is 2. The van der Waals surface area contributed by atoms with E-state index in [2.05, 4.69) is 15.5 Å². The molecule has 0 spiro atoms. The lowest BCUT2D eigenvalue weighted by molar-refractivity contribution is 0.0514. The van der Waals surface area contributed by atoms with Crippen LogP contribution in [0.3, 0.4) is 0 Å². The Morgan fingerprint density at radius 3 is 2.21 bits per heavy atom. The third kappa shape index (κ3) is 3.88. The van der Waals surface area contributed by atoms with Crippen molar-refractivity contribution in [2.45, 2.75) is 6.54 Å². The van der Waals surface area contributed by atoms with Crippen molar-refractivity contribution in [1.29, 1.82) is 0 Å². The zero-order valence-corrected chi connectivity index (χ0v) is 15.1. The van der Waals surface area contributed by atoms with Crippen LogP contribution in [0, 0.1) is 0 Å². The van der Waals surface area contributed by atoms with E-state index < -0.39 is 0 Å². The Kier molecular flexibility index (Phi) is 5.05. The summed E-state index contributed by atoms with van der Waals surface area (Å²) in [6, 6.07) is 10.3. The van der Waals surface area contributed by atoms with Gasteiger partial charge in [-0.05, 0) is 36.4 Å². The molecule has 1 aliphatic rings. The van der Waals surface area contributed by atoms with Gasteiger partial charge < -0.3 is 24.0 Å². The summed E-state index contributed by atoms with van der Waals surface area (Å²) in [4.78, 5) is 28.3. The number of hydrogen-bond donors (Lipinski definition) is 1. The summed E-state index contributed by atoms with van der Waals surface area (Å²) in [6.45, 7) is 2.25. The maximum Gasteiger partial charge on any atom is 0.289 e. The van der Waals surface area contributed by atoms with Crippen LogP contribution in [-0.4, -0.2) is 58.0 Å². The predicted octanol–water partition coefficient (Wildman–Crippen LogP) is 1.87. The van der Waals surface area contributed by atoms with Crippen molar-refractivity contribution in [2.24, 2.45) is 0 Å². The minimum atomic E-state index is -0.199. The van der Waals surface area contributed by atoms with Gasteiger partial charge in [0.25, 0.3) is 11.8 Å². The molecular weight excluding hydrogens is 362 g/mol. The lowest BCUT2D eigenvalue weighted by atomic mass is 10.2. The first-order valence-electron chi connectivity index (χ1n) is 8.93. The molecule has 0 saturated carbocycles. The first-order chi connectivity index (χ1) is 13.7. The van der Waals surface area contributed by atoms with Crippen molar-refractivity contribution in [3.05, 3.63) is 66.1 Å². The first-order valence-corrected chi connectivity index (χ1v) is 8.93. The normalized spacial score (nSPS) is 14.1. The summed E-state index contributed by atoms with van der Waals surface area (Å²) in [5.41, 5.74) is 0.273. The number of rotatable bonds is 5. The van der Waals surface area contributed by atoms with Crippen LogP contribution in [0.4, 0.5) is 5.82 Å². The second-order valence-corrected chi connectivity index (χ2v) is 6.30. The van der Waals surface area contributed by atoms with E-state index in [9.17, 15) is 9.59 Å². The van der Waals surface area contributed by atoms with Gasteiger partial charge in [-0.1, -0.05) is 0 Å². The SMILES string of the molecule is O=C(c1ccc(NCc2ccco2)nn1)N1CCN(C(=O)c2ccco2)CC1. The Hall–Kier alpha value is -3.62. The molecule has 2 amide bonds. The van der Waals surface area contributed by atoms with Gasteiger partial charge in [-0.15, -0.1) is 10.2 Å². The number of carbonyl (C=O) groups is 2. The van der Waals surface area contributed by atoms with Crippen LogP contribution in [-0.2, 0) is 6.54 Å². The second kappa shape index (κ2) is 7.95. The van der Waals surface area contributed by atoms with Gasteiger partial charge in [-0.3, -0.25) is 9.59 Å². The topological polar surface area (TPSA) is 105 Å². The molecule has 0 aromatic carbocycles. The van der Waals surface area contributed by atoms with E-state index in [0.717, 1.165) is 5.76 Å². The quantitative estimate of drug-likeness (QED) is 0.719. The van der Waals surface area contributed by atoms with Crippen LogP contribution in [0.15, 0.2) is 57.8 Å². The van der Waals surface area contributed by atoms with Crippen molar-refractivity contribution >= 4 is 17.6 Å². The highest BCUT2D eigenvalue weighted by Gasteiger charge is 2.27. The molecule has 4 heterocycles. The van der Waals surface area contributed by atoms with E-state index in [1.807, 2.05) is 12.1 Å². The van der Waals surface area contributed by atoms with Crippen molar-refractivity contribution in [1.82, 2.24) is 20.0 Å². The summed E-state index contributed by atoms with van der Waals surface area (Å²) in [5, 5.41) is 11.1. The van der Waals surface area contributed by atoms with Gasteiger partial charge in [0, 0.05) is 26.2 Å². The number of anilines is 1. The molecule has 28 heavy (non-hydrogen) atoms. The second-order valence-electron chi connectivity index (χ2n) is 6.30. The molecule has 1 aliphatic heterocycles. The lowest BCUT2D eigenvalue weighted by Crippen LogP contribution is -2.50. The van der Waals surface area contributed by atoms with Crippen molar-refractivity contribution in [3.8, 4) is 0 Å². The number of piperazine rings is 1. The predicted molar refractivity (Wildman–Crippen MR) is 98.6 cm³/mol. The van der Waals surface area contributed by atoms with E-state index in [1.165, 1.54) is 6.26 Å². The van der Waals surface area contributed by atoms with Crippen LogP contribution < -0.4 is 5.32 Å². The first kappa shape index (κ1) is 17.8. The Morgan fingerprint density at radius 1 is 0.893 bits per heavy atom. The van der Waals surface area contributed by atoms with Gasteiger partial charge >= 0.3 is 0 Å². The van der Waals surface area contributed by atoms with Gasteiger partial charge in [0.2, 0.25) is 0 Å². The lowest BCUT2D eigenvalue weighted by Gasteiger charge is -2.34. The van der Waals surface area contributed by atoms with Crippen LogP contribution in [0.25, 0.3) is 0 Å². The maximum absolute atomic E-state index is 12.6. The van der Waals surface area contributed by atoms with Crippen LogP contribution >= 0.6 is 0 Å². The molecule has 144 valence electrons. The zero-order valence-electron chi connectivity index (χ0n) is 15.1. The molecule has 9 nitrogen and oxygen atoms in total. The van der Waals surface area contributed by atoms with Gasteiger partial charge in [-0.25, -0.2) is 0 Å². The van der Waals surface area contributed by atoms with Crippen molar-refractivity contribution in [2.75, 3.05) is 31.5 Å². The Labute approximate surface area is 160 Å². The molecule has 0 aliphatic carbocycles. The van der Waals surface area contributed by atoms with Crippen molar-refractivity contribution < 1.29 is 18.4 Å². The standard InChI is InChI=1S/C19H19N5O4/c25-18(15-5-6-17(22-21-15)20-13-14-3-1-11-27-14)23-7-9-24(10-8-23)19(26)16-4-2-12-28-16/h1-6,11-12H,7-10,13H2,(H,20,22). The highest BCUT2D eigenvalue weighted by atomic mass is 16.3. The van der Waals surface area contributed by atoms with Crippen LogP contribution in [0.5, 0.6) is 0 Å². The van der Waals surface area contributed by atoms with E-state index in [4.69, 9.17) is 8.83 Å². The van der Waals surface area contributed by atoms with Gasteiger partial charge in [0.1, 0.15) is 11.6 Å². The number of aromatic nitrogens is 2. The maximum atomic E-state index is 12.6. The molecular formula is C19H19N5O4.